The molecule has 3 aromatic rings. The predicted octanol–water partition coefficient (Wildman–Crippen LogP) is 1.23. The van der Waals surface area contributed by atoms with Crippen LogP contribution >= 0.6 is 0 Å². The van der Waals surface area contributed by atoms with Crippen LogP contribution in [0, 0.1) is 0 Å². The van der Waals surface area contributed by atoms with Gasteiger partial charge in [-0.1, -0.05) is 18.2 Å². The van der Waals surface area contributed by atoms with Crippen LogP contribution in [0.25, 0.3) is 5.65 Å². The molecule has 2 aromatic heterocycles. The number of nitrogens with one attached hydrogen (secondary N) is 2. The average Bonchev–Trinajstić information content (AvgIpc) is 3.20. The van der Waals surface area contributed by atoms with Crippen LogP contribution < -0.4 is 10.6 Å². The molecule has 3 heterocycles. The van der Waals surface area contributed by atoms with E-state index in [1.165, 1.54) is 0 Å². The summed E-state index contributed by atoms with van der Waals surface area (Å²) >= 11 is 0. The number of ether oxygens (including phenoxy) is 1. The highest BCUT2D eigenvalue weighted by atomic mass is 16.5. The van der Waals surface area contributed by atoms with Crippen LogP contribution in [0.5, 0.6) is 0 Å². The zero-order valence-corrected chi connectivity index (χ0v) is 17.0. The van der Waals surface area contributed by atoms with E-state index in [2.05, 4.69) is 30.8 Å². The van der Waals surface area contributed by atoms with Crippen LogP contribution in [0.15, 0.2) is 42.5 Å². The molecule has 1 saturated heterocycles. The Morgan fingerprint density at radius 3 is 2.70 bits per heavy atom. The Bertz CT molecular complexity index is 954. The number of benzene rings is 1. The van der Waals surface area contributed by atoms with Gasteiger partial charge in [0.2, 0.25) is 0 Å². The zero-order chi connectivity index (χ0) is 20.6. The Morgan fingerprint density at radius 2 is 1.87 bits per heavy atom. The summed E-state index contributed by atoms with van der Waals surface area (Å²) in [7, 11) is 0. The first-order valence-corrected chi connectivity index (χ1v) is 10.4. The summed E-state index contributed by atoms with van der Waals surface area (Å²) in [5.74, 6) is 1.41. The number of amides is 1. The van der Waals surface area contributed by atoms with Gasteiger partial charge in [-0.2, -0.15) is 4.52 Å². The summed E-state index contributed by atoms with van der Waals surface area (Å²) < 4.78 is 7.11. The fourth-order valence-corrected chi connectivity index (χ4v) is 3.41. The summed E-state index contributed by atoms with van der Waals surface area (Å²) in [6.07, 6.45) is 1.59. The number of anilines is 1. The summed E-state index contributed by atoms with van der Waals surface area (Å²) in [6, 6.07) is 13.0. The first-order chi connectivity index (χ1) is 14.8. The molecule has 0 bridgehead atoms. The first-order valence-electron chi connectivity index (χ1n) is 10.4. The quantitative estimate of drug-likeness (QED) is 0.513. The molecule has 158 valence electrons. The van der Waals surface area contributed by atoms with E-state index in [0.717, 1.165) is 57.5 Å². The molecular formula is C21H27N7O2. The van der Waals surface area contributed by atoms with Crippen LogP contribution in [0.1, 0.15) is 22.6 Å². The van der Waals surface area contributed by atoms with Gasteiger partial charge in [0, 0.05) is 38.2 Å². The monoisotopic (exact) mass is 409 g/mol. The molecular weight excluding hydrogens is 382 g/mol. The molecule has 1 aliphatic rings. The summed E-state index contributed by atoms with van der Waals surface area (Å²) in [5.41, 5.74) is 1.34. The van der Waals surface area contributed by atoms with Crippen molar-refractivity contribution in [1.82, 2.24) is 30.0 Å². The van der Waals surface area contributed by atoms with Gasteiger partial charge in [-0.05, 0) is 37.2 Å². The van der Waals surface area contributed by atoms with Crippen LogP contribution in [0.3, 0.4) is 0 Å². The van der Waals surface area contributed by atoms with Crippen molar-refractivity contribution in [2.45, 2.75) is 12.8 Å². The molecule has 2 N–H and O–H groups in total. The molecule has 1 amide bonds. The van der Waals surface area contributed by atoms with Crippen molar-refractivity contribution < 1.29 is 9.53 Å². The molecule has 1 aromatic carbocycles. The molecule has 9 heteroatoms. The van der Waals surface area contributed by atoms with Crippen molar-refractivity contribution in [2.75, 3.05) is 51.3 Å². The lowest BCUT2D eigenvalue weighted by Gasteiger charge is -2.26. The van der Waals surface area contributed by atoms with Crippen molar-refractivity contribution in [3.63, 3.8) is 0 Å². The third-order valence-electron chi connectivity index (χ3n) is 5.06. The van der Waals surface area contributed by atoms with E-state index in [0.29, 0.717) is 24.2 Å². The normalized spacial score (nSPS) is 14.7. The number of carbonyl (C=O) groups is 1. The molecule has 0 aliphatic carbocycles. The molecule has 9 nitrogen and oxygen atoms in total. The van der Waals surface area contributed by atoms with E-state index >= 15 is 0 Å². The second kappa shape index (κ2) is 10.1. The van der Waals surface area contributed by atoms with E-state index in [1.54, 1.807) is 16.6 Å². The van der Waals surface area contributed by atoms with Crippen molar-refractivity contribution in [3.8, 4) is 0 Å². The molecule has 0 unspecified atom stereocenters. The van der Waals surface area contributed by atoms with Crippen molar-refractivity contribution >= 4 is 17.4 Å². The van der Waals surface area contributed by atoms with Gasteiger partial charge in [0.25, 0.3) is 5.91 Å². The van der Waals surface area contributed by atoms with Gasteiger partial charge >= 0.3 is 0 Å². The minimum atomic E-state index is -0.0972. The van der Waals surface area contributed by atoms with E-state index < -0.39 is 0 Å². The molecule has 0 saturated carbocycles. The van der Waals surface area contributed by atoms with Crippen molar-refractivity contribution in [3.05, 3.63) is 53.9 Å². The summed E-state index contributed by atoms with van der Waals surface area (Å²) in [6.45, 7) is 6.04. The number of nitrogens with zero attached hydrogens (tertiary/aromatic N) is 5. The molecule has 1 aliphatic heterocycles. The highest BCUT2D eigenvalue weighted by Gasteiger charge is 2.11. The molecule has 0 radical (unpaired) electrons. The lowest BCUT2D eigenvalue weighted by Crippen LogP contribution is -2.37. The Kier molecular flexibility index (Phi) is 6.83. The fraction of sp³-hybridized carbons (Fsp3) is 0.429. The van der Waals surface area contributed by atoms with Gasteiger partial charge in [0.05, 0.1) is 13.2 Å². The van der Waals surface area contributed by atoms with E-state index in [4.69, 9.17) is 4.74 Å². The largest absolute Gasteiger partial charge is 0.379 e. The fourth-order valence-electron chi connectivity index (χ4n) is 3.41. The molecule has 0 atom stereocenters. The van der Waals surface area contributed by atoms with Gasteiger partial charge in [-0.15, -0.1) is 15.3 Å². The Balaban J connectivity index is 1.27. The number of hydrogen-bond acceptors (Lipinski definition) is 7. The maximum atomic E-state index is 12.2. The molecule has 30 heavy (non-hydrogen) atoms. The lowest BCUT2D eigenvalue weighted by atomic mass is 10.2. The molecule has 4 rings (SSSR count). The number of aromatic nitrogens is 4. The third-order valence-corrected chi connectivity index (χ3v) is 5.06. The van der Waals surface area contributed by atoms with Gasteiger partial charge in [-0.25, -0.2) is 0 Å². The standard InChI is InChI=1S/C21H27N7O2/c29-21(17-5-2-1-3-6-17)23-11-9-20-25-24-19-8-7-18(26-28(19)20)22-10-4-12-27-13-15-30-16-14-27/h1-3,5-8H,4,9-16H2,(H,22,26)(H,23,29). The van der Waals surface area contributed by atoms with Gasteiger partial charge in [0.1, 0.15) is 5.82 Å². The number of rotatable bonds is 9. The number of morpholine rings is 1. The second-order valence-electron chi connectivity index (χ2n) is 7.21. The van der Waals surface area contributed by atoms with Crippen LogP contribution in [0.4, 0.5) is 5.82 Å². The first kappa shape index (κ1) is 20.2. The van der Waals surface area contributed by atoms with Crippen molar-refractivity contribution in [1.29, 1.82) is 0 Å². The minimum Gasteiger partial charge on any atom is -0.379 e. The summed E-state index contributed by atoms with van der Waals surface area (Å²) in [4.78, 5) is 14.6. The third kappa shape index (κ3) is 5.31. The molecule has 0 spiro atoms. The number of hydrogen-bond donors (Lipinski definition) is 2. The van der Waals surface area contributed by atoms with E-state index in [1.807, 2.05) is 30.3 Å². The van der Waals surface area contributed by atoms with Crippen molar-refractivity contribution in [2.24, 2.45) is 0 Å². The second-order valence-corrected chi connectivity index (χ2v) is 7.21. The minimum absolute atomic E-state index is 0.0972. The predicted molar refractivity (Wildman–Crippen MR) is 114 cm³/mol. The van der Waals surface area contributed by atoms with Crippen LogP contribution in [0.2, 0.25) is 0 Å². The lowest BCUT2D eigenvalue weighted by molar-refractivity contribution is 0.0378. The highest BCUT2D eigenvalue weighted by molar-refractivity contribution is 5.94. The van der Waals surface area contributed by atoms with Gasteiger partial charge in [0.15, 0.2) is 11.5 Å². The van der Waals surface area contributed by atoms with Crippen LogP contribution in [-0.2, 0) is 11.2 Å². The SMILES string of the molecule is O=C(NCCc1nnc2ccc(NCCCN3CCOCC3)nn12)c1ccccc1. The summed E-state index contributed by atoms with van der Waals surface area (Å²) in [5, 5.41) is 19.3. The number of fused-ring (bicyclic) bond motifs is 1. The Labute approximate surface area is 175 Å². The van der Waals surface area contributed by atoms with Crippen LogP contribution in [-0.4, -0.2) is 76.6 Å². The Hall–Kier alpha value is -3.04. The maximum absolute atomic E-state index is 12.2. The average molecular weight is 409 g/mol. The molecule has 1 fully saturated rings. The zero-order valence-electron chi connectivity index (χ0n) is 17.0. The van der Waals surface area contributed by atoms with Gasteiger partial charge in [-0.3, -0.25) is 9.69 Å². The smallest absolute Gasteiger partial charge is 0.251 e. The van der Waals surface area contributed by atoms with Gasteiger partial charge < -0.3 is 15.4 Å². The van der Waals surface area contributed by atoms with E-state index in [9.17, 15) is 4.79 Å². The van der Waals surface area contributed by atoms with E-state index in [-0.39, 0.29) is 5.91 Å². The highest BCUT2D eigenvalue weighted by Crippen LogP contribution is 2.08. The number of carbonyl (C=O) groups excluding carboxylic acids is 1. The Morgan fingerprint density at radius 1 is 1.03 bits per heavy atom. The maximum Gasteiger partial charge on any atom is 0.251 e. The topological polar surface area (TPSA) is 96.7 Å².